The molecule has 6 nitrogen and oxygen atoms in total. The van der Waals surface area contributed by atoms with Crippen molar-refractivity contribution in [2.75, 3.05) is 32.8 Å². The fourth-order valence-corrected chi connectivity index (χ4v) is 4.57. The van der Waals surface area contributed by atoms with E-state index in [1.54, 1.807) is 17.3 Å². The highest BCUT2D eigenvalue weighted by Crippen LogP contribution is 2.29. The van der Waals surface area contributed by atoms with Crippen LogP contribution in [0.1, 0.15) is 21.5 Å². The molecule has 5 rings (SSSR count). The molecular weight excluding hydrogens is 402 g/mol. The molecule has 2 aromatic carbocycles. The molecule has 1 amide bonds. The zero-order valence-corrected chi connectivity index (χ0v) is 18.0. The Morgan fingerprint density at radius 3 is 2.62 bits per heavy atom. The fourth-order valence-electron chi connectivity index (χ4n) is 4.57. The molecule has 3 aromatic rings. The van der Waals surface area contributed by atoms with Crippen molar-refractivity contribution >= 4 is 5.91 Å². The molecule has 164 valence electrons. The van der Waals surface area contributed by atoms with E-state index in [2.05, 4.69) is 34.1 Å². The van der Waals surface area contributed by atoms with Gasteiger partial charge in [-0.1, -0.05) is 30.3 Å². The van der Waals surface area contributed by atoms with Crippen molar-refractivity contribution in [2.24, 2.45) is 0 Å². The molecule has 1 aromatic heterocycles. The van der Waals surface area contributed by atoms with Crippen molar-refractivity contribution in [1.29, 1.82) is 0 Å². The van der Waals surface area contributed by atoms with Gasteiger partial charge in [0.25, 0.3) is 5.91 Å². The van der Waals surface area contributed by atoms with E-state index >= 15 is 0 Å². The van der Waals surface area contributed by atoms with Crippen molar-refractivity contribution < 1.29 is 14.6 Å². The molecule has 0 saturated heterocycles. The number of ether oxygens (including phenoxy) is 1. The van der Waals surface area contributed by atoms with Crippen LogP contribution in [0.15, 0.2) is 67.0 Å². The summed E-state index contributed by atoms with van der Waals surface area (Å²) in [6.45, 7) is 3.47. The molecule has 32 heavy (non-hydrogen) atoms. The van der Waals surface area contributed by atoms with Gasteiger partial charge < -0.3 is 14.7 Å². The minimum Gasteiger partial charge on any atom is -0.491 e. The minimum absolute atomic E-state index is 0.0955. The predicted octanol–water partition coefficient (Wildman–Crippen LogP) is 3.00. The lowest BCUT2D eigenvalue weighted by Gasteiger charge is -2.32. The van der Waals surface area contributed by atoms with Crippen LogP contribution < -0.4 is 4.74 Å². The lowest BCUT2D eigenvalue weighted by molar-refractivity contribution is 0.0501. The van der Waals surface area contributed by atoms with Crippen molar-refractivity contribution in [3.05, 3.63) is 83.7 Å². The predicted molar refractivity (Wildman–Crippen MR) is 123 cm³/mol. The molecule has 0 radical (unpaired) electrons. The summed E-state index contributed by atoms with van der Waals surface area (Å²) in [5, 5.41) is 10.8. The summed E-state index contributed by atoms with van der Waals surface area (Å²) in [7, 11) is 0. The Kier molecular flexibility index (Phi) is 5.88. The highest BCUT2D eigenvalue weighted by atomic mass is 16.5. The number of aromatic nitrogens is 1. The van der Waals surface area contributed by atoms with Crippen LogP contribution >= 0.6 is 0 Å². The number of benzene rings is 2. The van der Waals surface area contributed by atoms with Crippen LogP contribution in [-0.4, -0.2) is 64.7 Å². The molecule has 1 unspecified atom stereocenters. The summed E-state index contributed by atoms with van der Waals surface area (Å²) >= 11 is 0. The third-order valence-electron chi connectivity index (χ3n) is 6.24. The maximum Gasteiger partial charge on any atom is 0.257 e. The molecule has 1 N–H and O–H groups in total. The maximum absolute atomic E-state index is 13.2. The highest BCUT2D eigenvalue weighted by molar-refractivity contribution is 5.98. The van der Waals surface area contributed by atoms with Gasteiger partial charge in [0, 0.05) is 38.6 Å². The van der Waals surface area contributed by atoms with Gasteiger partial charge in [0.2, 0.25) is 0 Å². The molecular formula is C26H27N3O3. The number of aliphatic hydroxyl groups is 1. The number of rotatable bonds is 5. The number of hydrogen-bond acceptors (Lipinski definition) is 5. The van der Waals surface area contributed by atoms with Gasteiger partial charge in [-0.3, -0.25) is 14.7 Å². The van der Waals surface area contributed by atoms with Gasteiger partial charge in [0.1, 0.15) is 12.4 Å². The Bertz CT molecular complexity index is 1100. The van der Waals surface area contributed by atoms with Crippen LogP contribution in [0.5, 0.6) is 5.75 Å². The topological polar surface area (TPSA) is 65.9 Å². The van der Waals surface area contributed by atoms with Gasteiger partial charge in [-0.15, -0.1) is 0 Å². The van der Waals surface area contributed by atoms with E-state index in [1.165, 1.54) is 11.1 Å². The molecule has 6 heteroatoms. The highest BCUT2D eigenvalue weighted by Gasteiger charge is 2.27. The Labute approximate surface area is 188 Å². The van der Waals surface area contributed by atoms with E-state index in [1.807, 2.05) is 30.3 Å². The van der Waals surface area contributed by atoms with Crippen LogP contribution in [0.3, 0.4) is 0 Å². The first-order chi connectivity index (χ1) is 15.7. The van der Waals surface area contributed by atoms with E-state index < -0.39 is 6.10 Å². The molecule has 1 atom stereocenters. The van der Waals surface area contributed by atoms with E-state index in [0.29, 0.717) is 37.6 Å². The number of β-amino-alcohol motifs (C(OH)–C–C–N with tert-alkyl or cyclic N) is 1. The van der Waals surface area contributed by atoms with Gasteiger partial charge in [0.15, 0.2) is 0 Å². The van der Waals surface area contributed by atoms with E-state index in [-0.39, 0.29) is 5.91 Å². The van der Waals surface area contributed by atoms with Gasteiger partial charge in [-0.05, 0) is 52.9 Å². The number of amides is 1. The Morgan fingerprint density at radius 1 is 0.969 bits per heavy atom. The molecule has 0 saturated carbocycles. The summed E-state index contributed by atoms with van der Waals surface area (Å²) < 4.78 is 5.91. The maximum atomic E-state index is 13.2. The first-order valence-corrected chi connectivity index (χ1v) is 11.1. The second-order valence-corrected chi connectivity index (χ2v) is 8.45. The van der Waals surface area contributed by atoms with Crippen LogP contribution in [0.4, 0.5) is 0 Å². The molecule has 3 heterocycles. The van der Waals surface area contributed by atoms with Gasteiger partial charge >= 0.3 is 0 Å². The van der Waals surface area contributed by atoms with Gasteiger partial charge in [-0.25, -0.2) is 0 Å². The molecule has 2 aliphatic rings. The number of fused-ring (bicyclic) bond motifs is 2. The summed E-state index contributed by atoms with van der Waals surface area (Å²) in [4.78, 5) is 21.2. The number of carbonyl (C=O) groups is 1. The van der Waals surface area contributed by atoms with Gasteiger partial charge in [0.05, 0.1) is 18.2 Å². The summed E-state index contributed by atoms with van der Waals surface area (Å²) in [6, 6.07) is 18.0. The van der Waals surface area contributed by atoms with Crippen LogP contribution in [0.25, 0.3) is 11.1 Å². The summed E-state index contributed by atoms with van der Waals surface area (Å²) in [5.41, 5.74) is 5.26. The minimum atomic E-state index is -0.609. The Morgan fingerprint density at radius 2 is 1.78 bits per heavy atom. The van der Waals surface area contributed by atoms with Crippen molar-refractivity contribution in [3.63, 3.8) is 0 Å². The third-order valence-corrected chi connectivity index (χ3v) is 6.24. The zero-order valence-electron chi connectivity index (χ0n) is 18.0. The monoisotopic (exact) mass is 429 g/mol. The van der Waals surface area contributed by atoms with Crippen LogP contribution in [0.2, 0.25) is 0 Å². The quantitative estimate of drug-likeness (QED) is 0.676. The first kappa shape index (κ1) is 20.7. The molecule has 0 bridgehead atoms. The Hall–Kier alpha value is -3.22. The SMILES string of the molecule is O=C1c2ccc(-c3ccncc3)cc2OCCN1CC(O)CN1CCc2ccccc2C1. The largest absolute Gasteiger partial charge is 0.491 e. The smallest absolute Gasteiger partial charge is 0.257 e. The number of carbonyl (C=O) groups excluding carboxylic acids is 1. The second-order valence-electron chi connectivity index (χ2n) is 8.45. The summed E-state index contributed by atoms with van der Waals surface area (Å²) in [6.07, 6.45) is 3.88. The normalized spacial score (nSPS) is 17.2. The Balaban J connectivity index is 1.25. The zero-order chi connectivity index (χ0) is 21.9. The van der Waals surface area contributed by atoms with E-state index in [4.69, 9.17) is 4.74 Å². The van der Waals surface area contributed by atoms with Crippen LogP contribution in [0, 0.1) is 0 Å². The molecule has 2 aliphatic heterocycles. The molecule has 0 fully saturated rings. The number of pyridine rings is 1. The lowest BCUT2D eigenvalue weighted by Crippen LogP contribution is -2.44. The van der Waals surface area contributed by atoms with Crippen molar-refractivity contribution in [1.82, 2.24) is 14.8 Å². The van der Waals surface area contributed by atoms with E-state index in [9.17, 15) is 9.90 Å². The molecule has 0 spiro atoms. The van der Waals surface area contributed by atoms with E-state index in [0.717, 1.165) is 30.6 Å². The van der Waals surface area contributed by atoms with Crippen molar-refractivity contribution in [2.45, 2.75) is 19.1 Å². The average molecular weight is 430 g/mol. The van der Waals surface area contributed by atoms with Gasteiger partial charge in [-0.2, -0.15) is 0 Å². The summed E-state index contributed by atoms with van der Waals surface area (Å²) in [5.74, 6) is 0.496. The fraction of sp³-hybridized carbons (Fsp3) is 0.308. The number of aliphatic hydroxyl groups excluding tert-OH is 1. The second kappa shape index (κ2) is 9.10. The third kappa shape index (κ3) is 4.38. The lowest BCUT2D eigenvalue weighted by atomic mass is 10.00. The van der Waals surface area contributed by atoms with Crippen LogP contribution in [-0.2, 0) is 13.0 Å². The molecule has 0 aliphatic carbocycles. The average Bonchev–Trinajstić information content (AvgIpc) is 2.98. The first-order valence-electron chi connectivity index (χ1n) is 11.1. The number of nitrogens with zero attached hydrogens (tertiary/aromatic N) is 3. The standard InChI is InChI=1S/C26H27N3O3/c30-23(17-28-12-9-19-3-1-2-4-22(19)16-28)18-29-13-14-32-25-15-21(5-6-24(25)26(29)31)20-7-10-27-11-8-20/h1-8,10-11,15,23,30H,9,12-14,16-18H2. The number of hydrogen-bond donors (Lipinski definition) is 1. The van der Waals surface area contributed by atoms with Crippen molar-refractivity contribution in [3.8, 4) is 16.9 Å².